The normalized spacial score (nSPS) is 13.1. The summed E-state index contributed by atoms with van der Waals surface area (Å²) < 4.78 is 0. The number of hydrogen-bond acceptors (Lipinski definition) is 1. The zero-order valence-electron chi connectivity index (χ0n) is 11.1. The van der Waals surface area contributed by atoms with E-state index in [9.17, 15) is 0 Å². The Balaban J connectivity index is 2.27. The van der Waals surface area contributed by atoms with Crippen LogP contribution in [0.4, 0.5) is 0 Å². The van der Waals surface area contributed by atoms with Crippen LogP contribution in [0.5, 0.6) is 0 Å². The molecule has 2 heteroatoms. The van der Waals surface area contributed by atoms with Crippen LogP contribution in [-0.2, 0) is 0 Å². The number of H-pyrrole nitrogens is 1. The Morgan fingerprint density at radius 2 is 2.12 bits per heavy atom. The Morgan fingerprint density at radius 1 is 1.29 bits per heavy atom. The first kappa shape index (κ1) is 12.2. The van der Waals surface area contributed by atoms with Gasteiger partial charge in [-0.2, -0.15) is 0 Å². The Morgan fingerprint density at radius 3 is 2.82 bits per heavy atom. The first-order valence-electron chi connectivity index (χ1n) is 6.70. The third-order valence-electron chi connectivity index (χ3n) is 3.44. The van der Waals surface area contributed by atoms with Crippen LogP contribution in [0.15, 0.2) is 18.2 Å². The van der Waals surface area contributed by atoms with Crippen LogP contribution in [-0.4, -0.2) is 9.97 Å². The highest BCUT2D eigenvalue weighted by molar-refractivity contribution is 5.75. The predicted molar refractivity (Wildman–Crippen MR) is 73.4 cm³/mol. The fraction of sp³-hybridized carbons (Fsp3) is 0.533. The molecular weight excluding hydrogens is 208 g/mol. The van der Waals surface area contributed by atoms with Gasteiger partial charge in [0.15, 0.2) is 0 Å². The van der Waals surface area contributed by atoms with Gasteiger partial charge >= 0.3 is 0 Å². The number of nitrogens with zero attached hydrogens (tertiary/aromatic N) is 1. The molecule has 0 bridgehead atoms. The highest BCUT2D eigenvalue weighted by Crippen LogP contribution is 2.25. The van der Waals surface area contributed by atoms with Gasteiger partial charge in [-0.15, -0.1) is 0 Å². The molecule has 2 aromatic rings. The number of aryl methyl sites for hydroxylation is 1. The summed E-state index contributed by atoms with van der Waals surface area (Å²) >= 11 is 0. The minimum atomic E-state index is 0.586. The molecule has 2 nitrogen and oxygen atoms in total. The molecule has 0 saturated heterocycles. The average Bonchev–Trinajstić information content (AvgIpc) is 2.72. The summed E-state index contributed by atoms with van der Waals surface area (Å²) in [4.78, 5) is 8.21. The minimum Gasteiger partial charge on any atom is -0.342 e. The fourth-order valence-corrected chi connectivity index (χ4v) is 2.32. The number of nitrogens with one attached hydrogen (secondary N) is 1. The average molecular weight is 230 g/mol. The Bertz CT molecular complexity index is 485. The van der Waals surface area contributed by atoms with Crippen molar-refractivity contribution in [3.63, 3.8) is 0 Å². The molecule has 0 radical (unpaired) electrons. The highest BCUT2D eigenvalue weighted by atomic mass is 14.9. The van der Waals surface area contributed by atoms with Crippen molar-refractivity contribution in [1.29, 1.82) is 0 Å². The molecule has 92 valence electrons. The van der Waals surface area contributed by atoms with Crippen LogP contribution in [0, 0.1) is 6.92 Å². The molecule has 1 atom stereocenters. The van der Waals surface area contributed by atoms with E-state index in [0.29, 0.717) is 5.92 Å². The van der Waals surface area contributed by atoms with E-state index in [1.165, 1.54) is 42.6 Å². The number of aromatic amines is 1. The molecule has 2 rings (SSSR count). The van der Waals surface area contributed by atoms with Gasteiger partial charge in [-0.05, 0) is 37.5 Å². The molecule has 1 heterocycles. The van der Waals surface area contributed by atoms with Crippen LogP contribution in [0.1, 0.15) is 56.8 Å². The second-order valence-corrected chi connectivity index (χ2v) is 4.89. The number of rotatable bonds is 5. The van der Waals surface area contributed by atoms with Crippen LogP contribution >= 0.6 is 0 Å². The minimum absolute atomic E-state index is 0.586. The van der Waals surface area contributed by atoms with Gasteiger partial charge in [0.25, 0.3) is 0 Å². The monoisotopic (exact) mass is 230 g/mol. The van der Waals surface area contributed by atoms with Crippen molar-refractivity contribution >= 4 is 11.0 Å². The SMILES string of the molecule is CCCCC(CC)c1nc2ccc(C)cc2[nH]1. The lowest BCUT2D eigenvalue weighted by atomic mass is 9.99. The van der Waals surface area contributed by atoms with Crippen LogP contribution in [0.25, 0.3) is 11.0 Å². The quantitative estimate of drug-likeness (QED) is 0.801. The van der Waals surface area contributed by atoms with Crippen molar-refractivity contribution in [2.24, 2.45) is 0 Å². The van der Waals surface area contributed by atoms with E-state index < -0.39 is 0 Å². The molecule has 0 spiro atoms. The summed E-state index contributed by atoms with van der Waals surface area (Å²) in [6.45, 7) is 6.61. The van der Waals surface area contributed by atoms with Crippen molar-refractivity contribution in [2.75, 3.05) is 0 Å². The lowest BCUT2D eigenvalue weighted by molar-refractivity contribution is 0.549. The molecular formula is C15H22N2. The third kappa shape index (κ3) is 2.68. The molecule has 0 amide bonds. The van der Waals surface area contributed by atoms with Crippen LogP contribution < -0.4 is 0 Å². The summed E-state index contributed by atoms with van der Waals surface area (Å²) in [6, 6.07) is 6.41. The van der Waals surface area contributed by atoms with Crippen molar-refractivity contribution in [1.82, 2.24) is 9.97 Å². The maximum absolute atomic E-state index is 4.72. The zero-order valence-corrected chi connectivity index (χ0v) is 11.1. The topological polar surface area (TPSA) is 28.7 Å². The Hall–Kier alpha value is -1.31. The van der Waals surface area contributed by atoms with Gasteiger partial charge in [-0.1, -0.05) is 32.8 Å². The second kappa shape index (κ2) is 5.35. The van der Waals surface area contributed by atoms with E-state index in [1.807, 2.05) is 0 Å². The van der Waals surface area contributed by atoms with Gasteiger partial charge in [0.2, 0.25) is 0 Å². The van der Waals surface area contributed by atoms with Crippen molar-refractivity contribution in [3.05, 3.63) is 29.6 Å². The van der Waals surface area contributed by atoms with Gasteiger partial charge in [0, 0.05) is 5.92 Å². The first-order chi connectivity index (χ1) is 8.24. The molecule has 0 aliphatic carbocycles. The molecule has 1 unspecified atom stereocenters. The van der Waals surface area contributed by atoms with Crippen LogP contribution in [0.2, 0.25) is 0 Å². The molecule has 1 aromatic carbocycles. The smallest absolute Gasteiger partial charge is 0.110 e. The number of benzene rings is 1. The van der Waals surface area contributed by atoms with E-state index in [-0.39, 0.29) is 0 Å². The van der Waals surface area contributed by atoms with Crippen molar-refractivity contribution < 1.29 is 0 Å². The lowest BCUT2D eigenvalue weighted by Gasteiger charge is -2.10. The molecule has 0 aliphatic rings. The van der Waals surface area contributed by atoms with Gasteiger partial charge in [-0.25, -0.2) is 4.98 Å². The van der Waals surface area contributed by atoms with Crippen LogP contribution in [0.3, 0.4) is 0 Å². The lowest BCUT2D eigenvalue weighted by Crippen LogP contribution is -1.99. The number of imidazole rings is 1. The summed E-state index contributed by atoms with van der Waals surface area (Å²) in [5.74, 6) is 1.75. The molecule has 0 aliphatic heterocycles. The molecule has 0 fully saturated rings. The number of hydrogen-bond donors (Lipinski definition) is 1. The van der Waals surface area contributed by atoms with Gasteiger partial charge in [-0.3, -0.25) is 0 Å². The molecule has 0 saturated carbocycles. The highest BCUT2D eigenvalue weighted by Gasteiger charge is 2.13. The Labute approximate surface area is 103 Å². The van der Waals surface area contributed by atoms with Crippen molar-refractivity contribution in [3.8, 4) is 0 Å². The van der Waals surface area contributed by atoms with Gasteiger partial charge in [0.05, 0.1) is 11.0 Å². The summed E-state index contributed by atoms with van der Waals surface area (Å²) in [6.07, 6.45) is 4.95. The zero-order chi connectivity index (χ0) is 12.3. The Kier molecular flexibility index (Phi) is 3.82. The maximum atomic E-state index is 4.72. The maximum Gasteiger partial charge on any atom is 0.110 e. The van der Waals surface area contributed by atoms with E-state index in [1.54, 1.807) is 0 Å². The third-order valence-corrected chi connectivity index (χ3v) is 3.44. The summed E-state index contributed by atoms with van der Waals surface area (Å²) in [5, 5.41) is 0. The number of aromatic nitrogens is 2. The van der Waals surface area contributed by atoms with Crippen molar-refractivity contribution in [2.45, 2.75) is 52.4 Å². The number of unbranched alkanes of at least 4 members (excludes halogenated alkanes) is 1. The number of fused-ring (bicyclic) bond motifs is 1. The standard InChI is InChI=1S/C15H22N2/c1-4-6-7-12(5-2)15-16-13-9-8-11(3)10-14(13)17-15/h8-10,12H,4-7H2,1-3H3,(H,16,17). The predicted octanol–water partition coefficient (Wildman–Crippen LogP) is 4.56. The summed E-state index contributed by atoms with van der Waals surface area (Å²) in [5.41, 5.74) is 3.56. The largest absolute Gasteiger partial charge is 0.342 e. The van der Waals surface area contributed by atoms with E-state index in [4.69, 9.17) is 4.98 Å². The first-order valence-corrected chi connectivity index (χ1v) is 6.70. The van der Waals surface area contributed by atoms with E-state index in [2.05, 4.69) is 44.0 Å². The summed E-state index contributed by atoms with van der Waals surface area (Å²) in [7, 11) is 0. The molecule has 1 N–H and O–H groups in total. The molecule has 17 heavy (non-hydrogen) atoms. The molecule has 1 aromatic heterocycles. The van der Waals surface area contributed by atoms with E-state index >= 15 is 0 Å². The van der Waals surface area contributed by atoms with Gasteiger partial charge in [0.1, 0.15) is 5.82 Å². The van der Waals surface area contributed by atoms with E-state index in [0.717, 1.165) is 5.52 Å². The fourth-order valence-electron chi connectivity index (χ4n) is 2.32. The second-order valence-electron chi connectivity index (χ2n) is 4.89. The van der Waals surface area contributed by atoms with Gasteiger partial charge < -0.3 is 4.98 Å².